The number of allylic oxidation sites excluding steroid dienone is 2. The standard InChI is InChI=1S/C10H14O3/c1-8-3-4-9(6-13-7-11)5-10(8)12-2/h5,7H,3-4,6H2,1-2H3. The average Bonchev–Trinajstić information content (AvgIpc) is 2.16. The van der Waals surface area contributed by atoms with Gasteiger partial charge in [-0.3, -0.25) is 4.79 Å². The lowest BCUT2D eigenvalue weighted by Gasteiger charge is -2.16. The van der Waals surface area contributed by atoms with Crippen molar-refractivity contribution in [2.24, 2.45) is 0 Å². The summed E-state index contributed by atoms with van der Waals surface area (Å²) in [5, 5.41) is 0. The maximum Gasteiger partial charge on any atom is 0.293 e. The normalized spacial score (nSPS) is 16.6. The predicted molar refractivity (Wildman–Crippen MR) is 49.0 cm³/mol. The van der Waals surface area contributed by atoms with Crippen LogP contribution in [-0.4, -0.2) is 20.2 Å². The highest BCUT2D eigenvalue weighted by atomic mass is 16.5. The van der Waals surface area contributed by atoms with Crippen molar-refractivity contribution >= 4 is 6.47 Å². The van der Waals surface area contributed by atoms with Crippen molar-refractivity contribution in [1.82, 2.24) is 0 Å². The van der Waals surface area contributed by atoms with E-state index in [9.17, 15) is 4.79 Å². The molecule has 1 rings (SSSR count). The molecule has 0 aromatic rings. The Balaban J connectivity index is 2.63. The summed E-state index contributed by atoms with van der Waals surface area (Å²) in [7, 11) is 1.65. The Hall–Kier alpha value is -1.25. The van der Waals surface area contributed by atoms with Crippen molar-refractivity contribution in [3.05, 3.63) is 23.0 Å². The number of hydrogen-bond acceptors (Lipinski definition) is 3. The Morgan fingerprint density at radius 2 is 2.31 bits per heavy atom. The van der Waals surface area contributed by atoms with Crippen LogP contribution in [0.4, 0.5) is 0 Å². The third-order valence-corrected chi connectivity index (χ3v) is 2.13. The summed E-state index contributed by atoms with van der Waals surface area (Å²) in [4.78, 5) is 9.97. The Morgan fingerprint density at radius 1 is 1.54 bits per heavy atom. The molecule has 13 heavy (non-hydrogen) atoms. The lowest BCUT2D eigenvalue weighted by molar-refractivity contribution is -0.127. The fraction of sp³-hybridized carbons (Fsp3) is 0.500. The van der Waals surface area contributed by atoms with Crippen LogP contribution in [0.3, 0.4) is 0 Å². The van der Waals surface area contributed by atoms with E-state index in [0.29, 0.717) is 13.1 Å². The molecule has 1 aliphatic rings. The van der Waals surface area contributed by atoms with Crippen LogP contribution >= 0.6 is 0 Å². The minimum absolute atomic E-state index is 0.379. The minimum atomic E-state index is 0.379. The lowest BCUT2D eigenvalue weighted by atomic mass is 9.99. The topological polar surface area (TPSA) is 35.5 Å². The van der Waals surface area contributed by atoms with Gasteiger partial charge in [0.25, 0.3) is 6.47 Å². The molecule has 0 atom stereocenters. The summed E-state index contributed by atoms with van der Waals surface area (Å²) >= 11 is 0. The van der Waals surface area contributed by atoms with Crippen LogP contribution in [-0.2, 0) is 14.3 Å². The first-order valence-electron chi connectivity index (χ1n) is 4.26. The molecule has 0 aliphatic heterocycles. The van der Waals surface area contributed by atoms with E-state index in [1.54, 1.807) is 7.11 Å². The molecule has 0 N–H and O–H groups in total. The molecule has 1 aliphatic carbocycles. The van der Waals surface area contributed by atoms with Gasteiger partial charge in [0.15, 0.2) is 0 Å². The average molecular weight is 182 g/mol. The van der Waals surface area contributed by atoms with Crippen LogP contribution in [0.2, 0.25) is 0 Å². The molecule has 0 radical (unpaired) electrons. The second kappa shape index (κ2) is 4.70. The van der Waals surface area contributed by atoms with Crippen molar-refractivity contribution < 1.29 is 14.3 Å². The molecule has 72 valence electrons. The highest BCUT2D eigenvalue weighted by Crippen LogP contribution is 2.23. The van der Waals surface area contributed by atoms with Crippen molar-refractivity contribution in [3.63, 3.8) is 0 Å². The van der Waals surface area contributed by atoms with Crippen LogP contribution in [0.15, 0.2) is 23.0 Å². The van der Waals surface area contributed by atoms with E-state index in [1.165, 1.54) is 5.57 Å². The molecule has 0 heterocycles. The molecule has 0 amide bonds. The second-order valence-electron chi connectivity index (χ2n) is 3.06. The van der Waals surface area contributed by atoms with Crippen molar-refractivity contribution in [2.45, 2.75) is 19.8 Å². The molecule has 0 spiro atoms. The fourth-order valence-electron chi connectivity index (χ4n) is 1.34. The Bertz CT molecular complexity index is 251. The Morgan fingerprint density at radius 3 is 2.92 bits per heavy atom. The monoisotopic (exact) mass is 182 g/mol. The van der Waals surface area contributed by atoms with Gasteiger partial charge in [-0.15, -0.1) is 0 Å². The molecular weight excluding hydrogens is 168 g/mol. The van der Waals surface area contributed by atoms with Crippen molar-refractivity contribution in [1.29, 1.82) is 0 Å². The van der Waals surface area contributed by atoms with E-state index in [2.05, 4.69) is 4.74 Å². The van der Waals surface area contributed by atoms with E-state index in [4.69, 9.17) is 4.74 Å². The van der Waals surface area contributed by atoms with Gasteiger partial charge >= 0.3 is 0 Å². The van der Waals surface area contributed by atoms with Crippen molar-refractivity contribution in [2.75, 3.05) is 13.7 Å². The van der Waals surface area contributed by atoms with Gasteiger partial charge in [-0.05, 0) is 37.0 Å². The van der Waals surface area contributed by atoms with Gasteiger partial charge < -0.3 is 9.47 Å². The van der Waals surface area contributed by atoms with Gasteiger partial charge in [-0.1, -0.05) is 0 Å². The molecule has 0 saturated carbocycles. The SMILES string of the molecule is COC1=C(C)CCC(COC=O)=C1. The first kappa shape index (κ1) is 9.84. The zero-order valence-electron chi connectivity index (χ0n) is 8.00. The minimum Gasteiger partial charge on any atom is -0.497 e. The van der Waals surface area contributed by atoms with Crippen LogP contribution in [0.25, 0.3) is 0 Å². The molecule has 0 fully saturated rings. The molecule has 0 saturated heterocycles. The summed E-state index contributed by atoms with van der Waals surface area (Å²) in [5.41, 5.74) is 2.35. The molecule has 3 heteroatoms. The number of ether oxygens (including phenoxy) is 2. The zero-order chi connectivity index (χ0) is 9.68. The molecule has 3 nitrogen and oxygen atoms in total. The quantitative estimate of drug-likeness (QED) is 0.622. The Kier molecular flexibility index (Phi) is 3.55. The number of rotatable bonds is 4. The van der Waals surface area contributed by atoms with E-state index < -0.39 is 0 Å². The van der Waals surface area contributed by atoms with E-state index >= 15 is 0 Å². The first-order chi connectivity index (χ1) is 6.27. The maximum absolute atomic E-state index is 9.97. The molecule has 0 unspecified atom stereocenters. The van der Waals surface area contributed by atoms with E-state index in [0.717, 1.165) is 24.2 Å². The van der Waals surface area contributed by atoms with Gasteiger partial charge in [0, 0.05) is 0 Å². The van der Waals surface area contributed by atoms with E-state index in [1.807, 2.05) is 13.0 Å². The van der Waals surface area contributed by atoms with Gasteiger partial charge in [0.2, 0.25) is 0 Å². The van der Waals surface area contributed by atoms with Crippen molar-refractivity contribution in [3.8, 4) is 0 Å². The predicted octanol–water partition coefficient (Wildman–Crippen LogP) is 1.80. The van der Waals surface area contributed by atoms with Gasteiger partial charge in [0.1, 0.15) is 12.4 Å². The zero-order valence-corrected chi connectivity index (χ0v) is 8.00. The first-order valence-corrected chi connectivity index (χ1v) is 4.26. The lowest BCUT2D eigenvalue weighted by Crippen LogP contribution is -2.04. The van der Waals surface area contributed by atoms with Gasteiger partial charge in [-0.25, -0.2) is 0 Å². The third-order valence-electron chi connectivity index (χ3n) is 2.13. The third kappa shape index (κ3) is 2.61. The van der Waals surface area contributed by atoms with Crippen LogP contribution in [0.1, 0.15) is 19.8 Å². The summed E-state index contributed by atoms with van der Waals surface area (Å²) in [5.74, 6) is 0.899. The van der Waals surface area contributed by atoms with Crippen LogP contribution in [0.5, 0.6) is 0 Å². The highest BCUT2D eigenvalue weighted by Gasteiger charge is 2.10. The summed E-state index contributed by atoms with van der Waals surface area (Å²) in [6.07, 6.45) is 3.88. The highest BCUT2D eigenvalue weighted by molar-refractivity contribution is 5.38. The smallest absolute Gasteiger partial charge is 0.293 e. The fourth-order valence-corrected chi connectivity index (χ4v) is 1.34. The number of carbonyl (C=O) groups is 1. The molecule has 0 aromatic heterocycles. The molecule has 0 bridgehead atoms. The largest absolute Gasteiger partial charge is 0.497 e. The van der Waals surface area contributed by atoms with Crippen LogP contribution in [0, 0.1) is 0 Å². The summed E-state index contributed by atoms with van der Waals surface area (Å²) in [6, 6.07) is 0. The van der Waals surface area contributed by atoms with Crippen LogP contribution < -0.4 is 0 Å². The van der Waals surface area contributed by atoms with Gasteiger partial charge in [-0.2, -0.15) is 0 Å². The maximum atomic E-state index is 9.97. The molecule has 0 aromatic carbocycles. The second-order valence-corrected chi connectivity index (χ2v) is 3.06. The summed E-state index contributed by atoms with van der Waals surface area (Å²) < 4.78 is 9.85. The number of carbonyl (C=O) groups excluding carboxylic acids is 1. The molecular formula is C10H14O3. The number of methoxy groups -OCH3 is 1. The summed E-state index contributed by atoms with van der Waals surface area (Å²) in [6.45, 7) is 2.90. The van der Waals surface area contributed by atoms with Gasteiger partial charge in [0.05, 0.1) is 7.11 Å². The van der Waals surface area contributed by atoms with E-state index in [-0.39, 0.29) is 0 Å². The number of hydrogen-bond donors (Lipinski definition) is 0. The Labute approximate surface area is 78.0 Å².